The lowest BCUT2D eigenvalue weighted by molar-refractivity contribution is 1.40. The van der Waals surface area contributed by atoms with Gasteiger partial charge in [0, 0.05) is 5.56 Å². The minimum Gasteiger partial charge on any atom is -0.389 e. The molecule has 0 unspecified atom stereocenters. The summed E-state index contributed by atoms with van der Waals surface area (Å²) in [5.74, 6) is 0. The van der Waals surface area contributed by atoms with Crippen molar-refractivity contribution in [1.82, 2.24) is 4.98 Å². The first-order valence-corrected chi connectivity index (χ1v) is 5.33. The first kappa shape index (κ1) is 9.77. The Bertz CT molecular complexity index is 468. The van der Waals surface area contributed by atoms with Crippen molar-refractivity contribution in [2.24, 2.45) is 0 Å². The van der Waals surface area contributed by atoms with Crippen LogP contribution in [0.15, 0.2) is 18.2 Å². The van der Waals surface area contributed by atoms with E-state index in [1.54, 1.807) is 12.1 Å². The summed E-state index contributed by atoms with van der Waals surface area (Å²) in [4.78, 5) is 4.02. The molecule has 2 nitrogen and oxygen atoms in total. The molecule has 5 heteroatoms. The summed E-state index contributed by atoms with van der Waals surface area (Å²) in [5.41, 5.74) is 9.99. The summed E-state index contributed by atoms with van der Waals surface area (Å²) in [6.45, 7) is 0. The standard InChI is InChI=1S/C9H5Cl2N2S/c10-6-2-1-5(3-7(6)11)8-9(12)14-4-13-8/h1-3H,12H2. The summed E-state index contributed by atoms with van der Waals surface area (Å²) in [7, 11) is 0. The molecule has 0 aliphatic carbocycles. The Morgan fingerprint density at radius 3 is 2.64 bits per heavy atom. The molecule has 0 saturated carbocycles. The molecule has 0 spiro atoms. The molecule has 0 saturated heterocycles. The van der Waals surface area contributed by atoms with Crippen molar-refractivity contribution in [3.05, 3.63) is 33.8 Å². The Morgan fingerprint density at radius 2 is 2.07 bits per heavy atom. The summed E-state index contributed by atoms with van der Waals surface area (Å²) in [6.07, 6.45) is 0. The number of halogens is 2. The Kier molecular flexibility index (Phi) is 2.63. The normalized spacial score (nSPS) is 10.4. The molecular formula is C9H5Cl2N2S. The molecule has 2 rings (SSSR count). The van der Waals surface area contributed by atoms with E-state index in [1.807, 2.05) is 6.07 Å². The van der Waals surface area contributed by atoms with E-state index in [4.69, 9.17) is 28.9 Å². The van der Waals surface area contributed by atoms with Crippen LogP contribution in [0, 0.1) is 5.51 Å². The number of hydrogen-bond acceptors (Lipinski definition) is 3. The third-order valence-electron chi connectivity index (χ3n) is 1.74. The van der Waals surface area contributed by atoms with E-state index in [2.05, 4.69) is 10.5 Å². The molecule has 0 aliphatic heterocycles. The van der Waals surface area contributed by atoms with Crippen LogP contribution in [0.3, 0.4) is 0 Å². The highest BCUT2D eigenvalue weighted by Gasteiger charge is 2.07. The van der Waals surface area contributed by atoms with Crippen molar-refractivity contribution in [3.63, 3.8) is 0 Å². The lowest BCUT2D eigenvalue weighted by Crippen LogP contribution is -1.85. The van der Waals surface area contributed by atoms with E-state index in [0.29, 0.717) is 20.7 Å². The third kappa shape index (κ3) is 1.71. The van der Waals surface area contributed by atoms with Gasteiger partial charge in [-0.1, -0.05) is 40.6 Å². The molecule has 2 aromatic rings. The van der Waals surface area contributed by atoms with Crippen LogP contribution in [0.1, 0.15) is 0 Å². The smallest absolute Gasteiger partial charge is 0.154 e. The van der Waals surface area contributed by atoms with Gasteiger partial charge in [0.15, 0.2) is 5.51 Å². The number of anilines is 1. The molecule has 71 valence electrons. The molecule has 2 N–H and O–H groups in total. The Hall–Kier alpha value is -0.770. The third-order valence-corrected chi connectivity index (χ3v) is 3.07. The van der Waals surface area contributed by atoms with E-state index < -0.39 is 0 Å². The largest absolute Gasteiger partial charge is 0.389 e. The summed E-state index contributed by atoms with van der Waals surface area (Å²) in [5, 5.41) is 1.65. The van der Waals surface area contributed by atoms with Crippen LogP contribution in [-0.2, 0) is 0 Å². The van der Waals surface area contributed by atoms with Crippen molar-refractivity contribution < 1.29 is 0 Å². The maximum Gasteiger partial charge on any atom is 0.154 e. The lowest BCUT2D eigenvalue weighted by Gasteiger charge is -2.00. The topological polar surface area (TPSA) is 38.9 Å². The van der Waals surface area contributed by atoms with E-state index in [9.17, 15) is 0 Å². The van der Waals surface area contributed by atoms with Gasteiger partial charge in [-0.3, -0.25) is 0 Å². The number of nitrogens with zero attached hydrogens (tertiary/aromatic N) is 1. The number of rotatable bonds is 1. The van der Waals surface area contributed by atoms with E-state index in [-0.39, 0.29) is 0 Å². The maximum absolute atomic E-state index is 5.88. The fourth-order valence-corrected chi connectivity index (χ4v) is 1.86. The fraction of sp³-hybridized carbons (Fsp3) is 0. The Labute approximate surface area is 95.3 Å². The number of aromatic nitrogens is 1. The number of nitrogen functional groups attached to an aromatic ring is 1. The van der Waals surface area contributed by atoms with Crippen LogP contribution in [0.4, 0.5) is 5.00 Å². The summed E-state index contributed by atoms with van der Waals surface area (Å²) >= 11 is 12.9. The number of nitrogens with two attached hydrogens (primary N) is 1. The second-order valence-corrected chi connectivity index (χ2v) is 4.29. The van der Waals surface area contributed by atoms with Crippen LogP contribution in [0.2, 0.25) is 10.0 Å². The van der Waals surface area contributed by atoms with Crippen molar-refractivity contribution >= 4 is 39.5 Å². The number of thiazole rings is 1. The highest BCUT2D eigenvalue weighted by molar-refractivity contribution is 7.13. The molecule has 1 aromatic carbocycles. The van der Waals surface area contributed by atoms with E-state index >= 15 is 0 Å². The van der Waals surface area contributed by atoms with Gasteiger partial charge in [0.2, 0.25) is 0 Å². The van der Waals surface area contributed by atoms with E-state index in [0.717, 1.165) is 5.56 Å². The fourth-order valence-electron chi connectivity index (χ4n) is 1.07. The van der Waals surface area contributed by atoms with Crippen LogP contribution >= 0.6 is 34.5 Å². The van der Waals surface area contributed by atoms with Gasteiger partial charge in [-0.05, 0) is 12.1 Å². The van der Waals surface area contributed by atoms with Crippen molar-refractivity contribution in [2.45, 2.75) is 0 Å². The zero-order valence-corrected chi connectivity index (χ0v) is 9.25. The number of benzene rings is 1. The van der Waals surface area contributed by atoms with Crippen LogP contribution < -0.4 is 5.73 Å². The molecule has 0 atom stereocenters. The van der Waals surface area contributed by atoms with Crippen LogP contribution in [0.25, 0.3) is 11.3 Å². The second-order valence-electron chi connectivity index (χ2n) is 2.65. The summed E-state index contributed by atoms with van der Waals surface area (Å²) < 4.78 is 0. The molecule has 1 radical (unpaired) electrons. The predicted molar refractivity (Wildman–Crippen MR) is 60.8 cm³/mol. The van der Waals surface area contributed by atoms with Gasteiger partial charge in [-0.25, -0.2) is 4.98 Å². The Morgan fingerprint density at radius 1 is 1.29 bits per heavy atom. The van der Waals surface area contributed by atoms with Gasteiger partial charge in [0.05, 0.1) is 10.0 Å². The molecule has 14 heavy (non-hydrogen) atoms. The maximum atomic E-state index is 5.88. The zero-order chi connectivity index (χ0) is 10.1. The van der Waals surface area contributed by atoms with Crippen LogP contribution in [0.5, 0.6) is 0 Å². The predicted octanol–water partition coefficient (Wildman–Crippen LogP) is 3.50. The summed E-state index contributed by atoms with van der Waals surface area (Å²) in [6, 6.07) is 5.29. The molecule has 1 aromatic heterocycles. The molecule has 0 bridgehead atoms. The van der Waals surface area contributed by atoms with Gasteiger partial charge < -0.3 is 5.73 Å². The SMILES string of the molecule is Nc1s[c]nc1-c1ccc(Cl)c(Cl)c1. The minimum absolute atomic E-state index is 0.497. The average molecular weight is 244 g/mol. The first-order valence-electron chi connectivity index (χ1n) is 3.76. The van der Waals surface area contributed by atoms with Gasteiger partial charge in [0.1, 0.15) is 10.7 Å². The van der Waals surface area contributed by atoms with Gasteiger partial charge in [-0.2, -0.15) is 0 Å². The average Bonchev–Trinajstić information content (AvgIpc) is 2.57. The van der Waals surface area contributed by atoms with Gasteiger partial charge in [0.25, 0.3) is 0 Å². The molecule has 0 fully saturated rings. The zero-order valence-electron chi connectivity index (χ0n) is 6.92. The monoisotopic (exact) mass is 243 g/mol. The molecule has 0 amide bonds. The molecule has 1 heterocycles. The lowest BCUT2D eigenvalue weighted by atomic mass is 10.2. The Balaban J connectivity index is 2.53. The number of hydrogen-bond donors (Lipinski definition) is 1. The quantitative estimate of drug-likeness (QED) is 0.833. The highest BCUT2D eigenvalue weighted by Crippen LogP contribution is 2.31. The van der Waals surface area contributed by atoms with Gasteiger partial charge >= 0.3 is 0 Å². The first-order chi connectivity index (χ1) is 6.68. The van der Waals surface area contributed by atoms with E-state index in [1.165, 1.54) is 11.3 Å². The van der Waals surface area contributed by atoms with Crippen LogP contribution in [-0.4, -0.2) is 4.98 Å². The highest BCUT2D eigenvalue weighted by atomic mass is 35.5. The molecular weight excluding hydrogens is 239 g/mol. The minimum atomic E-state index is 0.497. The second kappa shape index (κ2) is 3.77. The van der Waals surface area contributed by atoms with Gasteiger partial charge in [-0.15, -0.1) is 0 Å². The van der Waals surface area contributed by atoms with Crippen molar-refractivity contribution in [2.75, 3.05) is 5.73 Å². The molecule has 0 aliphatic rings. The van der Waals surface area contributed by atoms with Crippen molar-refractivity contribution in [3.8, 4) is 11.3 Å². The van der Waals surface area contributed by atoms with Crippen molar-refractivity contribution in [1.29, 1.82) is 0 Å².